The molecule has 0 aliphatic carbocycles. The quantitative estimate of drug-likeness (QED) is 0.475. The average molecular weight is 232 g/mol. The average Bonchev–Trinajstić information content (AvgIpc) is 2.29. The fourth-order valence-corrected chi connectivity index (χ4v) is 2.66. The van der Waals surface area contributed by atoms with Crippen molar-refractivity contribution in [2.24, 2.45) is 5.92 Å². The number of likely N-dealkylation sites (tertiary alicyclic amines) is 1. The highest BCUT2D eigenvalue weighted by Crippen LogP contribution is 2.19. The molecule has 90 valence electrons. The first-order chi connectivity index (χ1) is 7.36. The molecule has 1 atom stereocenters. The van der Waals surface area contributed by atoms with Crippen molar-refractivity contribution in [3.8, 4) is 0 Å². The summed E-state index contributed by atoms with van der Waals surface area (Å²) in [4.78, 5) is 2.67. The molecule has 0 aromatic rings. The molecule has 1 rings (SSSR count). The lowest BCUT2D eigenvalue weighted by atomic mass is 9.95. The van der Waals surface area contributed by atoms with Crippen LogP contribution in [-0.2, 0) is 0 Å². The Kier molecular flexibility index (Phi) is 7.46. The van der Waals surface area contributed by atoms with Crippen LogP contribution in [0.25, 0.3) is 0 Å². The van der Waals surface area contributed by atoms with Crippen molar-refractivity contribution < 1.29 is 0 Å². The van der Waals surface area contributed by atoms with Crippen molar-refractivity contribution in [2.45, 2.75) is 51.9 Å². The summed E-state index contributed by atoms with van der Waals surface area (Å²) in [6.07, 6.45) is 9.48. The third-order valence-electron chi connectivity index (χ3n) is 3.54. The van der Waals surface area contributed by atoms with Crippen LogP contribution >= 0.6 is 11.6 Å². The second kappa shape index (κ2) is 8.41. The number of rotatable bonds is 7. The summed E-state index contributed by atoms with van der Waals surface area (Å²) in [6.45, 7) is 6.34. The Morgan fingerprint density at radius 2 is 2.00 bits per heavy atom. The van der Waals surface area contributed by atoms with E-state index in [-0.39, 0.29) is 0 Å². The van der Waals surface area contributed by atoms with Crippen molar-refractivity contribution in [1.29, 1.82) is 0 Å². The van der Waals surface area contributed by atoms with Gasteiger partial charge in [-0.2, -0.15) is 0 Å². The Hall–Kier alpha value is 0.250. The number of nitrogens with zero attached hydrogens (tertiary/aromatic N) is 1. The molecule has 2 heteroatoms. The summed E-state index contributed by atoms with van der Waals surface area (Å²) in [6, 6.07) is 0. The number of piperidine rings is 1. The molecule has 1 fully saturated rings. The van der Waals surface area contributed by atoms with E-state index in [4.69, 9.17) is 11.6 Å². The van der Waals surface area contributed by atoms with E-state index in [1.807, 2.05) is 0 Å². The Labute approximate surface area is 100 Å². The van der Waals surface area contributed by atoms with Gasteiger partial charge in [-0.1, -0.05) is 26.2 Å². The SMILES string of the molecule is CCC1CCCN(CCCCCCCl)C1. The number of alkyl halides is 1. The summed E-state index contributed by atoms with van der Waals surface area (Å²) in [5, 5.41) is 0. The predicted octanol–water partition coefficient (Wildman–Crippen LogP) is 3.91. The molecule has 1 saturated heterocycles. The van der Waals surface area contributed by atoms with Gasteiger partial charge in [0.25, 0.3) is 0 Å². The van der Waals surface area contributed by atoms with E-state index in [0.29, 0.717) is 0 Å². The van der Waals surface area contributed by atoms with E-state index in [1.54, 1.807) is 0 Å². The van der Waals surface area contributed by atoms with E-state index >= 15 is 0 Å². The molecule has 15 heavy (non-hydrogen) atoms. The molecule has 0 aromatic carbocycles. The Morgan fingerprint density at radius 1 is 1.20 bits per heavy atom. The van der Waals surface area contributed by atoms with Gasteiger partial charge in [0.2, 0.25) is 0 Å². The molecule has 1 heterocycles. The molecule has 1 nitrogen and oxygen atoms in total. The van der Waals surface area contributed by atoms with Gasteiger partial charge in [0, 0.05) is 12.4 Å². The highest BCUT2D eigenvalue weighted by Gasteiger charge is 2.17. The monoisotopic (exact) mass is 231 g/mol. The Bertz CT molecular complexity index is 149. The zero-order valence-corrected chi connectivity index (χ0v) is 10.9. The van der Waals surface area contributed by atoms with Crippen molar-refractivity contribution in [3.63, 3.8) is 0 Å². The van der Waals surface area contributed by atoms with Gasteiger partial charge in [-0.3, -0.25) is 0 Å². The van der Waals surface area contributed by atoms with Crippen molar-refractivity contribution in [1.82, 2.24) is 4.90 Å². The van der Waals surface area contributed by atoms with Gasteiger partial charge in [0.1, 0.15) is 0 Å². The Balaban J connectivity index is 2.00. The molecule has 0 bridgehead atoms. The zero-order valence-electron chi connectivity index (χ0n) is 10.2. The van der Waals surface area contributed by atoms with Gasteiger partial charge in [0.05, 0.1) is 0 Å². The van der Waals surface area contributed by atoms with Gasteiger partial charge in [0.15, 0.2) is 0 Å². The second-order valence-corrected chi connectivity index (χ2v) is 5.20. The molecular formula is C13H26ClN. The fourth-order valence-electron chi connectivity index (χ4n) is 2.47. The third kappa shape index (κ3) is 5.77. The number of unbranched alkanes of at least 4 members (excludes halogenated alkanes) is 3. The van der Waals surface area contributed by atoms with Crippen molar-refractivity contribution in [3.05, 3.63) is 0 Å². The van der Waals surface area contributed by atoms with Crippen LogP contribution in [0.3, 0.4) is 0 Å². The van der Waals surface area contributed by atoms with Gasteiger partial charge in [-0.25, -0.2) is 0 Å². The molecule has 1 aliphatic heterocycles. The number of hydrogen-bond acceptors (Lipinski definition) is 1. The summed E-state index contributed by atoms with van der Waals surface area (Å²) >= 11 is 5.66. The lowest BCUT2D eigenvalue weighted by Gasteiger charge is -2.32. The smallest absolute Gasteiger partial charge is 0.0223 e. The topological polar surface area (TPSA) is 3.24 Å². The normalized spacial score (nSPS) is 23.2. The molecule has 1 aliphatic rings. The van der Waals surface area contributed by atoms with E-state index in [1.165, 1.54) is 64.6 Å². The maximum atomic E-state index is 5.66. The molecule has 0 radical (unpaired) electrons. The van der Waals surface area contributed by atoms with Crippen LogP contribution in [-0.4, -0.2) is 30.4 Å². The summed E-state index contributed by atoms with van der Waals surface area (Å²) in [7, 11) is 0. The van der Waals surface area contributed by atoms with Gasteiger partial charge >= 0.3 is 0 Å². The number of halogens is 1. The third-order valence-corrected chi connectivity index (χ3v) is 3.81. The van der Waals surface area contributed by atoms with Crippen LogP contribution in [0.5, 0.6) is 0 Å². The maximum Gasteiger partial charge on any atom is 0.0223 e. The van der Waals surface area contributed by atoms with Crippen LogP contribution < -0.4 is 0 Å². The summed E-state index contributed by atoms with van der Waals surface area (Å²) < 4.78 is 0. The van der Waals surface area contributed by atoms with Crippen molar-refractivity contribution >= 4 is 11.6 Å². The Morgan fingerprint density at radius 3 is 2.73 bits per heavy atom. The van der Waals surface area contributed by atoms with Crippen LogP contribution in [0.15, 0.2) is 0 Å². The lowest BCUT2D eigenvalue weighted by molar-refractivity contribution is 0.169. The van der Waals surface area contributed by atoms with Gasteiger partial charge in [-0.05, 0) is 44.7 Å². The molecule has 0 saturated carbocycles. The molecular weight excluding hydrogens is 206 g/mol. The second-order valence-electron chi connectivity index (χ2n) is 4.82. The van der Waals surface area contributed by atoms with E-state index in [2.05, 4.69) is 11.8 Å². The van der Waals surface area contributed by atoms with Crippen LogP contribution in [0.1, 0.15) is 51.9 Å². The van der Waals surface area contributed by atoms with Gasteiger partial charge in [-0.15, -0.1) is 11.6 Å². The summed E-state index contributed by atoms with van der Waals surface area (Å²) in [5.41, 5.74) is 0. The van der Waals surface area contributed by atoms with Crippen LogP contribution in [0, 0.1) is 5.92 Å². The fraction of sp³-hybridized carbons (Fsp3) is 1.00. The largest absolute Gasteiger partial charge is 0.303 e. The zero-order chi connectivity index (χ0) is 10.9. The molecule has 0 aromatic heterocycles. The lowest BCUT2D eigenvalue weighted by Crippen LogP contribution is -2.35. The first kappa shape index (κ1) is 13.3. The minimum atomic E-state index is 0.835. The van der Waals surface area contributed by atoms with Crippen LogP contribution in [0.4, 0.5) is 0 Å². The van der Waals surface area contributed by atoms with E-state index in [0.717, 1.165) is 11.8 Å². The first-order valence-electron chi connectivity index (χ1n) is 6.65. The minimum Gasteiger partial charge on any atom is -0.303 e. The molecule has 1 unspecified atom stereocenters. The minimum absolute atomic E-state index is 0.835. The standard InChI is InChI=1S/C13H26ClN/c1-2-13-8-7-11-15(12-13)10-6-4-3-5-9-14/h13H,2-12H2,1H3. The highest BCUT2D eigenvalue weighted by molar-refractivity contribution is 6.17. The molecule has 0 N–H and O–H groups in total. The number of hydrogen-bond donors (Lipinski definition) is 0. The summed E-state index contributed by atoms with van der Waals surface area (Å²) in [5.74, 6) is 1.81. The predicted molar refractivity (Wildman–Crippen MR) is 68.6 cm³/mol. The van der Waals surface area contributed by atoms with Crippen molar-refractivity contribution in [2.75, 3.05) is 25.5 Å². The van der Waals surface area contributed by atoms with E-state index < -0.39 is 0 Å². The van der Waals surface area contributed by atoms with Gasteiger partial charge < -0.3 is 4.90 Å². The highest BCUT2D eigenvalue weighted by atomic mass is 35.5. The maximum absolute atomic E-state index is 5.66. The van der Waals surface area contributed by atoms with Crippen LogP contribution in [0.2, 0.25) is 0 Å². The first-order valence-corrected chi connectivity index (χ1v) is 7.18. The molecule has 0 spiro atoms. The van der Waals surface area contributed by atoms with E-state index in [9.17, 15) is 0 Å². The molecule has 0 amide bonds.